The van der Waals surface area contributed by atoms with Crippen molar-refractivity contribution in [3.63, 3.8) is 0 Å². The monoisotopic (exact) mass is 279 g/mol. The Labute approximate surface area is 119 Å². The highest BCUT2D eigenvalue weighted by Gasteiger charge is 2.18. The molecule has 0 bridgehead atoms. The number of hydrogen-bond donors (Lipinski definition) is 1. The maximum atomic E-state index is 6.11. The molecule has 19 heavy (non-hydrogen) atoms. The number of rotatable bonds is 6. The van der Waals surface area contributed by atoms with Gasteiger partial charge in [0.15, 0.2) is 0 Å². The minimum absolute atomic E-state index is 0.336. The number of nitrogens with two attached hydrogens (primary N) is 1. The van der Waals surface area contributed by atoms with Crippen LogP contribution < -0.4 is 5.73 Å². The van der Waals surface area contributed by atoms with Crippen LogP contribution in [-0.2, 0) is 6.54 Å². The van der Waals surface area contributed by atoms with E-state index in [0.717, 1.165) is 47.7 Å². The summed E-state index contributed by atoms with van der Waals surface area (Å²) in [7, 11) is 0. The maximum Gasteiger partial charge on any atom is 0.114 e. The summed E-state index contributed by atoms with van der Waals surface area (Å²) in [5.74, 6) is 1.45. The predicted octanol–water partition coefficient (Wildman–Crippen LogP) is 3.94. The molecule has 0 aliphatic heterocycles. The number of aryl methyl sites for hydroxylation is 1. The average molecular weight is 280 g/mol. The van der Waals surface area contributed by atoms with Gasteiger partial charge in [0.05, 0.1) is 11.0 Å². The molecule has 2 N–H and O–H groups in total. The lowest BCUT2D eigenvalue weighted by Gasteiger charge is -2.15. The molecular weight excluding hydrogens is 258 g/mol. The van der Waals surface area contributed by atoms with Gasteiger partial charge < -0.3 is 10.3 Å². The molecule has 0 amide bonds. The predicted molar refractivity (Wildman–Crippen MR) is 81.7 cm³/mol. The van der Waals surface area contributed by atoms with Crippen molar-refractivity contribution in [3.8, 4) is 0 Å². The summed E-state index contributed by atoms with van der Waals surface area (Å²) in [4.78, 5) is 4.79. The molecule has 1 unspecified atom stereocenters. The Morgan fingerprint density at radius 3 is 2.74 bits per heavy atom. The maximum absolute atomic E-state index is 6.11. The SMILES string of the molecule is CCCC(CN)c1nc2ccc(Cl)cc2n1CCC. The van der Waals surface area contributed by atoms with Crippen LogP contribution in [0.3, 0.4) is 0 Å². The quantitative estimate of drug-likeness (QED) is 0.870. The lowest BCUT2D eigenvalue weighted by Crippen LogP contribution is -2.17. The number of benzene rings is 1. The van der Waals surface area contributed by atoms with Crippen molar-refractivity contribution in [2.24, 2.45) is 5.73 Å². The zero-order valence-electron chi connectivity index (χ0n) is 11.7. The number of fused-ring (bicyclic) bond motifs is 1. The number of nitrogens with zero attached hydrogens (tertiary/aromatic N) is 2. The van der Waals surface area contributed by atoms with Gasteiger partial charge in [-0.25, -0.2) is 4.98 Å². The summed E-state index contributed by atoms with van der Waals surface area (Å²) < 4.78 is 2.29. The third-order valence-electron chi connectivity index (χ3n) is 3.47. The van der Waals surface area contributed by atoms with Crippen molar-refractivity contribution in [1.82, 2.24) is 9.55 Å². The highest BCUT2D eigenvalue weighted by atomic mass is 35.5. The van der Waals surface area contributed by atoms with Crippen LogP contribution in [0.5, 0.6) is 0 Å². The normalized spacial score (nSPS) is 13.1. The van der Waals surface area contributed by atoms with E-state index in [1.165, 1.54) is 0 Å². The molecule has 0 fully saturated rings. The third kappa shape index (κ3) is 2.93. The molecule has 0 aliphatic carbocycles. The molecule has 0 radical (unpaired) electrons. The van der Waals surface area contributed by atoms with Gasteiger partial charge in [-0.05, 0) is 31.0 Å². The zero-order chi connectivity index (χ0) is 13.8. The topological polar surface area (TPSA) is 43.8 Å². The molecule has 1 atom stereocenters. The number of imidazole rings is 1. The highest BCUT2D eigenvalue weighted by molar-refractivity contribution is 6.31. The fourth-order valence-corrected chi connectivity index (χ4v) is 2.75. The molecule has 1 aromatic heterocycles. The second-order valence-electron chi connectivity index (χ2n) is 4.98. The van der Waals surface area contributed by atoms with Crippen molar-refractivity contribution < 1.29 is 0 Å². The van der Waals surface area contributed by atoms with Crippen LogP contribution >= 0.6 is 11.6 Å². The van der Waals surface area contributed by atoms with Gasteiger partial charge in [-0.2, -0.15) is 0 Å². The third-order valence-corrected chi connectivity index (χ3v) is 3.71. The molecule has 2 aromatic rings. The molecule has 2 rings (SSSR count). The Bertz CT molecular complexity index is 548. The lowest BCUT2D eigenvalue weighted by molar-refractivity contribution is 0.544. The Morgan fingerprint density at radius 2 is 2.11 bits per heavy atom. The van der Waals surface area contributed by atoms with E-state index in [-0.39, 0.29) is 0 Å². The van der Waals surface area contributed by atoms with Gasteiger partial charge in [0, 0.05) is 24.0 Å². The molecule has 0 aliphatic rings. The first-order valence-corrected chi connectivity index (χ1v) is 7.44. The van der Waals surface area contributed by atoms with Crippen molar-refractivity contribution in [1.29, 1.82) is 0 Å². The van der Waals surface area contributed by atoms with Crippen molar-refractivity contribution in [3.05, 3.63) is 29.0 Å². The second-order valence-corrected chi connectivity index (χ2v) is 5.41. The van der Waals surface area contributed by atoms with Crippen LogP contribution in [0, 0.1) is 0 Å². The Balaban J connectivity index is 2.55. The Morgan fingerprint density at radius 1 is 1.32 bits per heavy atom. The van der Waals surface area contributed by atoms with E-state index in [0.29, 0.717) is 12.5 Å². The first-order valence-electron chi connectivity index (χ1n) is 7.07. The Hall–Kier alpha value is -1.06. The summed E-state index contributed by atoms with van der Waals surface area (Å²) in [5.41, 5.74) is 8.07. The van der Waals surface area contributed by atoms with Gasteiger partial charge in [0.2, 0.25) is 0 Å². The number of halogens is 1. The Kier molecular flexibility index (Phi) is 4.83. The van der Waals surface area contributed by atoms with E-state index in [1.54, 1.807) is 0 Å². The van der Waals surface area contributed by atoms with E-state index in [4.69, 9.17) is 22.3 Å². The summed E-state index contributed by atoms with van der Waals surface area (Å²) in [6, 6.07) is 5.89. The molecule has 1 heterocycles. The minimum atomic E-state index is 0.336. The van der Waals surface area contributed by atoms with E-state index in [9.17, 15) is 0 Å². The standard InChI is InChI=1S/C15H22ClN3/c1-3-5-11(10-17)15-18-13-7-6-12(16)9-14(13)19(15)8-4-2/h6-7,9,11H,3-5,8,10,17H2,1-2H3. The van der Waals surface area contributed by atoms with Gasteiger partial charge in [0.1, 0.15) is 5.82 Å². The highest BCUT2D eigenvalue weighted by Crippen LogP contribution is 2.27. The number of hydrogen-bond acceptors (Lipinski definition) is 2. The molecule has 0 saturated carbocycles. The molecular formula is C15H22ClN3. The summed E-state index contributed by atoms with van der Waals surface area (Å²) in [5, 5.41) is 0.760. The van der Waals surface area contributed by atoms with Gasteiger partial charge in [-0.3, -0.25) is 0 Å². The van der Waals surface area contributed by atoms with Gasteiger partial charge in [0.25, 0.3) is 0 Å². The van der Waals surface area contributed by atoms with E-state index in [1.807, 2.05) is 18.2 Å². The van der Waals surface area contributed by atoms with Crippen LogP contribution in [0.2, 0.25) is 5.02 Å². The van der Waals surface area contributed by atoms with Crippen LogP contribution in [0.4, 0.5) is 0 Å². The first-order chi connectivity index (χ1) is 9.21. The van der Waals surface area contributed by atoms with E-state index in [2.05, 4.69) is 18.4 Å². The van der Waals surface area contributed by atoms with Crippen LogP contribution in [-0.4, -0.2) is 16.1 Å². The smallest absolute Gasteiger partial charge is 0.114 e. The van der Waals surface area contributed by atoms with Gasteiger partial charge >= 0.3 is 0 Å². The van der Waals surface area contributed by atoms with Crippen LogP contribution in [0.15, 0.2) is 18.2 Å². The summed E-state index contributed by atoms with van der Waals surface area (Å²) >= 11 is 6.11. The minimum Gasteiger partial charge on any atom is -0.330 e. The van der Waals surface area contributed by atoms with Crippen molar-refractivity contribution >= 4 is 22.6 Å². The van der Waals surface area contributed by atoms with Crippen molar-refractivity contribution in [2.45, 2.75) is 45.6 Å². The summed E-state index contributed by atoms with van der Waals surface area (Å²) in [6.07, 6.45) is 3.28. The number of aromatic nitrogens is 2. The fraction of sp³-hybridized carbons (Fsp3) is 0.533. The molecule has 1 aromatic carbocycles. The second kappa shape index (κ2) is 6.40. The van der Waals surface area contributed by atoms with Crippen LogP contribution in [0.25, 0.3) is 11.0 Å². The van der Waals surface area contributed by atoms with E-state index < -0.39 is 0 Å². The lowest BCUT2D eigenvalue weighted by atomic mass is 10.0. The van der Waals surface area contributed by atoms with Crippen molar-refractivity contribution in [2.75, 3.05) is 6.54 Å². The fourth-order valence-electron chi connectivity index (χ4n) is 2.59. The van der Waals surface area contributed by atoms with E-state index >= 15 is 0 Å². The largest absolute Gasteiger partial charge is 0.330 e. The van der Waals surface area contributed by atoms with Gasteiger partial charge in [-0.15, -0.1) is 0 Å². The molecule has 3 nitrogen and oxygen atoms in total. The van der Waals surface area contributed by atoms with Gasteiger partial charge in [-0.1, -0.05) is 31.9 Å². The molecule has 0 saturated heterocycles. The average Bonchev–Trinajstić information content (AvgIpc) is 2.75. The molecule has 4 heteroatoms. The molecule has 0 spiro atoms. The molecule has 104 valence electrons. The zero-order valence-corrected chi connectivity index (χ0v) is 12.5. The first kappa shape index (κ1) is 14.4. The summed E-state index contributed by atoms with van der Waals surface area (Å²) in [6.45, 7) is 5.98. The van der Waals surface area contributed by atoms with Crippen LogP contribution in [0.1, 0.15) is 44.9 Å².